The van der Waals surface area contributed by atoms with Crippen molar-refractivity contribution >= 4 is 22.4 Å². The number of pyridine rings is 1. The fourth-order valence-corrected chi connectivity index (χ4v) is 4.79. The molecule has 37 heavy (non-hydrogen) atoms. The molecule has 0 radical (unpaired) electrons. The molecule has 3 aromatic heterocycles. The number of fused-ring (bicyclic) bond motifs is 1. The maximum Gasteiger partial charge on any atom is 0.331 e. The van der Waals surface area contributed by atoms with Gasteiger partial charge in [-0.25, -0.2) is 4.79 Å². The van der Waals surface area contributed by atoms with E-state index in [-0.39, 0.29) is 17.2 Å². The van der Waals surface area contributed by atoms with Gasteiger partial charge in [0.05, 0.1) is 11.1 Å². The van der Waals surface area contributed by atoms with Gasteiger partial charge in [-0.15, -0.1) is 0 Å². The van der Waals surface area contributed by atoms with Crippen LogP contribution in [0.3, 0.4) is 0 Å². The largest absolute Gasteiger partial charge is 0.331 e. The van der Waals surface area contributed by atoms with Crippen molar-refractivity contribution in [3.05, 3.63) is 112 Å². The van der Waals surface area contributed by atoms with Crippen molar-refractivity contribution in [2.45, 2.75) is 26.9 Å². The summed E-state index contributed by atoms with van der Waals surface area (Å²) in [6, 6.07) is 24.2. The summed E-state index contributed by atoms with van der Waals surface area (Å²) in [4.78, 5) is 33.1. The summed E-state index contributed by atoms with van der Waals surface area (Å²) in [7, 11) is 3.53. The highest BCUT2D eigenvalue weighted by molar-refractivity contribution is 5.92. The van der Waals surface area contributed by atoms with E-state index in [4.69, 9.17) is 0 Å². The molecule has 5 aromatic rings. The number of rotatable bonds is 7. The third-order valence-electron chi connectivity index (χ3n) is 6.62. The van der Waals surface area contributed by atoms with Crippen molar-refractivity contribution in [2.24, 2.45) is 13.0 Å². The molecule has 0 saturated carbocycles. The highest BCUT2D eigenvalue weighted by atomic mass is 16.2. The van der Waals surface area contributed by atoms with E-state index in [0.29, 0.717) is 24.0 Å². The van der Waals surface area contributed by atoms with Crippen LogP contribution in [0.5, 0.6) is 0 Å². The third-order valence-corrected chi connectivity index (χ3v) is 6.62. The Morgan fingerprint density at radius 3 is 2.27 bits per heavy atom. The Balaban J connectivity index is 1.68. The van der Waals surface area contributed by atoms with Gasteiger partial charge < -0.3 is 9.47 Å². The van der Waals surface area contributed by atoms with Crippen LogP contribution in [0.4, 0.5) is 11.5 Å². The van der Waals surface area contributed by atoms with Crippen LogP contribution in [-0.4, -0.2) is 25.7 Å². The molecule has 188 valence electrons. The molecule has 2 aromatic carbocycles. The van der Waals surface area contributed by atoms with Gasteiger partial charge in [-0.2, -0.15) is 0 Å². The molecule has 7 nitrogen and oxygen atoms in total. The maximum atomic E-state index is 13.3. The van der Waals surface area contributed by atoms with Crippen LogP contribution < -0.4 is 16.1 Å². The van der Waals surface area contributed by atoms with E-state index >= 15 is 0 Å². The standard InChI is InChI=1S/C30H31N5O2/c1-21(2)18-35-27-25(29(36)33(4)30(35)37)20-34(28(27)32(3)24-10-6-5-7-11-24)19-22-13-15-23(16-14-22)26-12-8-9-17-31-26/h5-17,20-21H,18-19H2,1-4H3. The molecule has 0 aliphatic carbocycles. The summed E-state index contributed by atoms with van der Waals surface area (Å²) in [5.41, 5.74) is 4.10. The lowest BCUT2D eigenvalue weighted by molar-refractivity contribution is 0.502. The number of hydrogen-bond donors (Lipinski definition) is 0. The minimum Gasteiger partial charge on any atom is -0.329 e. The Morgan fingerprint density at radius 2 is 1.62 bits per heavy atom. The molecule has 0 aliphatic rings. The molecule has 0 atom stereocenters. The zero-order valence-electron chi connectivity index (χ0n) is 21.6. The second kappa shape index (κ2) is 9.93. The highest BCUT2D eigenvalue weighted by Crippen LogP contribution is 2.32. The molecule has 3 heterocycles. The van der Waals surface area contributed by atoms with E-state index in [1.807, 2.05) is 61.8 Å². The summed E-state index contributed by atoms with van der Waals surface area (Å²) in [6.07, 6.45) is 3.67. The summed E-state index contributed by atoms with van der Waals surface area (Å²) >= 11 is 0. The molecule has 0 amide bonds. The van der Waals surface area contributed by atoms with E-state index in [0.717, 1.165) is 28.3 Å². The summed E-state index contributed by atoms with van der Waals surface area (Å²) in [5.74, 6) is 1.04. The van der Waals surface area contributed by atoms with Crippen LogP contribution >= 0.6 is 0 Å². The molecule has 0 fully saturated rings. The predicted octanol–water partition coefficient (Wildman–Crippen LogP) is 5.04. The number of benzene rings is 2. The average molecular weight is 494 g/mol. The van der Waals surface area contributed by atoms with Gasteiger partial charge in [0, 0.05) is 50.8 Å². The zero-order valence-corrected chi connectivity index (χ0v) is 21.6. The molecule has 0 N–H and O–H groups in total. The Hall–Kier alpha value is -4.39. The Labute approximate surface area is 215 Å². The highest BCUT2D eigenvalue weighted by Gasteiger charge is 2.23. The van der Waals surface area contributed by atoms with Crippen LogP contribution in [0.2, 0.25) is 0 Å². The Bertz CT molecular complexity index is 1650. The van der Waals surface area contributed by atoms with Crippen molar-refractivity contribution in [3.63, 3.8) is 0 Å². The molecular weight excluding hydrogens is 462 g/mol. The van der Waals surface area contributed by atoms with Crippen molar-refractivity contribution in [1.82, 2.24) is 18.7 Å². The van der Waals surface area contributed by atoms with E-state index in [1.165, 1.54) is 4.57 Å². The molecule has 0 bridgehead atoms. The lowest BCUT2D eigenvalue weighted by Crippen LogP contribution is -2.38. The Morgan fingerprint density at radius 1 is 0.919 bits per heavy atom. The first-order valence-electron chi connectivity index (χ1n) is 12.5. The van der Waals surface area contributed by atoms with Gasteiger partial charge in [0.1, 0.15) is 11.3 Å². The number of nitrogens with zero attached hydrogens (tertiary/aromatic N) is 5. The smallest absolute Gasteiger partial charge is 0.329 e. The minimum atomic E-state index is -0.300. The fraction of sp³-hybridized carbons (Fsp3) is 0.233. The van der Waals surface area contributed by atoms with Crippen LogP contribution in [0.25, 0.3) is 22.2 Å². The van der Waals surface area contributed by atoms with Crippen molar-refractivity contribution in [3.8, 4) is 11.3 Å². The predicted molar refractivity (Wildman–Crippen MR) is 150 cm³/mol. The van der Waals surface area contributed by atoms with Gasteiger partial charge in [-0.05, 0) is 35.7 Å². The maximum absolute atomic E-state index is 13.3. The summed E-state index contributed by atoms with van der Waals surface area (Å²) < 4.78 is 5.03. The first-order chi connectivity index (χ1) is 17.8. The topological polar surface area (TPSA) is 65.1 Å². The lowest BCUT2D eigenvalue weighted by atomic mass is 10.1. The van der Waals surface area contributed by atoms with Crippen LogP contribution in [0, 0.1) is 5.92 Å². The van der Waals surface area contributed by atoms with Crippen LogP contribution in [0.1, 0.15) is 19.4 Å². The zero-order chi connectivity index (χ0) is 26.1. The number of anilines is 2. The van der Waals surface area contributed by atoms with Crippen LogP contribution in [-0.2, 0) is 20.1 Å². The van der Waals surface area contributed by atoms with Gasteiger partial charge in [0.25, 0.3) is 5.56 Å². The van der Waals surface area contributed by atoms with Gasteiger partial charge in [0.2, 0.25) is 0 Å². The SMILES string of the molecule is CC(C)Cn1c(=O)n(C)c(=O)c2cn(Cc3ccc(-c4ccccn4)cc3)c(N(C)c3ccccc3)c21. The number of para-hydroxylation sites is 1. The van der Waals surface area contributed by atoms with E-state index in [2.05, 4.69) is 52.6 Å². The van der Waals surface area contributed by atoms with Crippen molar-refractivity contribution in [1.29, 1.82) is 0 Å². The van der Waals surface area contributed by atoms with Gasteiger partial charge in [-0.1, -0.05) is 62.4 Å². The fourth-order valence-electron chi connectivity index (χ4n) is 4.79. The molecule has 0 unspecified atom stereocenters. The first-order valence-corrected chi connectivity index (χ1v) is 12.5. The molecule has 7 heteroatoms. The van der Waals surface area contributed by atoms with Crippen molar-refractivity contribution in [2.75, 3.05) is 11.9 Å². The van der Waals surface area contributed by atoms with Gasteiger partial charge in [0.15, 0.2) is 0 Å². The van der Waals surface area contributed by atoms with Crippen molar-refractivity contribution < 1.29 is 0 Å². The third kappa shape index (κ3) is 4.60. The molecule has 0 saturated heterocycles. The second-order valence-electron chi connectivity index (χ2n) is 9.80. The quantitative estimate of drug-likeness (QED) is 0.319. The summed E-state index contributed by atoms with van der Waals surface area (Å²) in [5, 5.41) is 0.533. The van der Waals surface area contributed by atoms with Gasteiger partial charge in [-0.3, -0.25) is 18.9 Å². The number of hydrogen-bond acceptors (Lipinski definition) is 4. The normalized spacial score (nSPS) is 11.4. The van der Waals surface area contributed by atoms with E-state index in [1.54, 1.807) is 17.8 Å². The first kappa shape index (κ1) is 24.3. The van der Waals surface area contributed by atoms with E-state index < -0.39 is 0 Å². The molecule has 0 spiro atoms. The number of aromatic nitrogens is 4. The monoisotopic (exact) mass is 493 g/mol. The van der Waals surface area contributed by atoms with E-state index in [9.17, 15) is 9.59 Å². The molecule has 5 rings (SSSR count). The molecular formula is C30H31N5O2. The van der Waals surface area contributed by atoms with Gasteiger partial charge >= 0.3 is 5.69 Å². The Kier molecular flexibility index (Phi) is 6.53. The average Bonchev–Trinajstić information content (AvgIpc) is 3.29. The van der Waals surface area contributed by atoms with Crippen LogP contribution in [0.15, 0.2) is 94.8 Å². The summed E-state index contributed by atoms with van der Waals surface area (Å²) in [6.45, 7) is 5.21. The lowest BCUT2D eigenvalue weighted by Gasteiger charge is -2.24. The molecule has 0 aliphatic heterocycles. The second-order valence-corrected chi connectivity index (χ2v) is 9.80. The minimum absolute atomic E-state index is 0.232.